The van der Waals surface area contributed by atoms with Crippen LogP contribution in [0.3, 0.4) is 0 Å². The molecule has 23 heavy (non-hydrogen) atoms. The molecule has 1 aliphatic heterocycles. The smallest absolute Gasteiger partial charge is 0.223 e. The predicted molar refractivity (Wildman–Crippen MR) is 85.3 cm³/mol. The van der Waals surface area contributed by atoms with Crippen molar-refractivity contribution in [3.05, 3.63) is 52.1 Å². The van der Waals surface area contributed by atoms with Crippen LogP contribution in [0.25, 0.3) is 0 Å². The Morgan fingerprint density at radius 2 is 2.26 bits per heavy atom. The maximum absolute atomic E-state index is 13.4. The fourth-order valence-electron chi connectivity index (χ4n) is 2.64. The molecule has 0 unspecified atom stereocenters. The van der Waals surface area contributed by atoms with Crippen LogP contribution in [0.1, 0.15) is 23.2 Å². The van der Waals surface area contributed by atoms with Crippen LogP contribution in [0.15, 0.2) is 24.4 Å². The van der Waals surface area contributed by atoms with Gasteiger partial charge in [0.2, 0.25) is 11.9 Å². The number of aromatic nitrogens is 2. The lowest BCUT2D eigenvalue weighted by Gasteiger charge is -2.28. The second-order valence-corrected chi connectivity index (χ2v) is 5.92. The highest BCUT2D eigenvalue weighted by Crippen LogP contribution is 2.19. The van der Waals surface area contributed by atoms with Gasteiger partial charge in [-0.2, -0.15) is 0 Å². The molecule has 5 nitrogen and oxygen atoms in total. The highest BCUT2D eigenvalue weighted by Gasteiger charge is 2.22. The van der Waals surface area contributed by atoms with Gasteiger partial charge >= 0.3 is 0 Å². The van der Waals surface area contributed by atoms with Gasteiger partial charge in [-0.15, -0.1) is 0 Å². The molecule has 0 saturated heterocycles. The summed E-state index contributed by atoms with van der Waals surface area (Å²) in [7, 11) is 0. The van der Waals surface area contributed by atoms with E-state index in [9.17, 15) is 9.18 Å². The maximum atomic E-state index is 13.4. The molecule has 7 heteroatoms. The maximum Gasteiger partial charge on any atom is 0.223 e. The number of nitrogens with zero attached hydrogens (tertiary/aromatic N) is 3. The Hall–Kier alpha value is -2.21. The Morgan fingerprint density at radius 3 is 3.04 bits per heavy atom. The van der Waals surface area contributed by atoms with Gasteiger partial charge < -0.3 is 10.6 Å². The van der Waals surface area contributed by atoms with E-state index in [1.54, 1.807) is 17.2 Å². The van der Waals surface area contributed by atoms with Crippen molar-refractivity contribution in [1.29, 1.82) is 0 Å². The monoisotopic (exact) mass is 334 g/mol. The highest BCUT2D eigenvalue weighted by molar-refractivity contribution is 6.30. The summed E-state index contributed by atoms with van der Waals surface area (Å²) < 4.78 is 13.4. The Bertz CT molecular complexity index is 753. The molecule has 2 heterocycles. The van der Waals surface area contributed by atoms with Gasteiger partial charge in [0.25, 0.3) is 0 Å². The number of carbonyl (C=O) groups excluding carboxylic acids is 1. The number of nitrogens with two attached hydrogens (primary N) is 1. The highest BCUT2D eigenvalue weighted by atomic mass is 35.5. The van der Waals surface area contributed by atoms with Crippen molar-refractivity contribution in [3.63, 3.8) is 0 Å². The fraction of sp³-hybridized carbons (Fsp3) is 0.312. The molecule has 0 spiro atoms. The first-order valence-corrected chi connectivity index (χ1v) is 7.72. The molecule has 0 aliphatic carbocycles. The Labute approximate surface area is 138 Å². The van der Waals surface area contributed by atoms with Crippen LogP contribution in [0.5, 0.6) is 0 Å². The van der Waals surface area contributed by atoms with Crippen LogP contribution in [-0.2, 0) is 24.2 Å². The zero-order chi connectivity index (χ0) is 16.4. The quantitative estimate of drug-likeness (QED) is 0.935. The van der Waals surface area contributed by atoms with Gasteiger partial charge in [0.1, 0.15) is 5.82 Å². The number of benzene rings is 1. The average Bonchev–Trinajstić information content (AvgIpc) is 2.55. The van der Waals surface area contributed by atoms with Gasteiger partial charge in [0.05, 0.1) is 17.3 Å². The second-order valence-electron chi connectivity index (χ2n) is 5.51. The molecule has 0 fully saturated rings. The van der Waals surface area contributed by atoms with Crippen molar-refractivity contribution in [3.8, 4) is 0 Å². The number of amides is 1. The van der Waals surface area contributed by atoms with Crippen molar-refractivity contribution >= 4 is 23.5 Å². The third-order valence-electron chi connectivity index (χ3n) is 3.93. The lowest BCUT2D eigenvalue weighted by molar-refractivity contribution is -0.132. The van der Waals surface area contributed by atoms with E-state index in [1.165, 1.54) is 12.1 Å². The number of fused-ring (bicyclic) bond motifs is 1. The molecule has 2 aromatic rings. The lowest BCUT2D eigenvalue weighted by atomic mass is 10.1. The third kappa shape index (κ3) is 3.59. The van der Waals surface area contributed by atoms with Crippen LogP contribution in [0.2, 0.25) is 5.02 Å². The fourth-order valence-corrected chi connectivity index (χ4v) is 2.75. The predicted octanol–water partition coefficient (Wildman–Crippen LogP) is 2.37. The average molecular weight is 335 g/mol. The minimum atomic E-state index is -0.462. The van der Waals surface area contributed by atoms with E-state index in [0.29, 0.717) is 25.9 Å². The molecule has 0 atom stereocenters. The first-order valence-electron chi connectivity index (χ1n) is 7.35. The number of hydrogen-bond acceptors (Lipinski definition) is 4. The molecule has 0 saturated carbocycles. The molecule has 1 aromatic heterocycles. The first-order chi connectivity index (χ1) is 11.0. The van der Waals surface area contributed by atoms with E-state index >= 15 is 0 Å². The first kappa shape index (κ1) is 15.7. The molecule has 0 bridgehead atoms. The molecule has 1 aromatic carbocycles. The number of hydrogen-bond donors (Lipinski definition) is 1. The van der Waals surface area contributed by atoms with Gasteiger partial charge in [-0.1, -0.05) is 17.7 Å². The number of rotatable bonds is 3. The Kier molecular flexibility index (Phi) is 4.43. The van der Waals surface area contributed by atoms with Crippen LogP contribution in [-0.4, -0.2) is 27.3 Å². The molecule has 120 valence electrons. The summed E-state index contributed by atoms with van der Waals surface area (Å²) in [6.45, 7) is 1.07. The molecule has 2 N–H and O–H groups in total. The molecular formula is C16H16ClFN4O. The number of anilines is 1. The SMILES string of the molecule is Nc1ncc2c(n1)CN(C(=O)CCc1ccc(Cl)c(F)c1)CC2. The number of aryl methyl sites for hydroxylation is 1. The Morgan fingerprint density at radius 1 is 1.43 bits per heavy atom. The third-order valence-corrected chi connectivity index (χ3v) is 4.24. The largest absolute Gasteiger partial charge is 0.368 e. The standard InChI is InChI=1S/C16H16ClFN4O/c17-12-3-1-10(7-13(12)18)2-4-15(23)22-6-5-11-8-20-16(19)21-14(11)9-22/h1,3,7-8H,2,4-6,9H2,(H2,19,20,21). The van der Waals surface area contributed by atoms with Crippen LogP contribution >= 0.6 is 11.6 Å². The van der Waals surface area contributed by atoms with Crippen molar-refractivity contribution in [1.82, 2.24) is 14.9 Å². The van der Waals surface area contributed by atoms with E-state index in [1.807, 2.05) is 0 Å². The Balaban J connectivity index is 1.62. The summed E-state index contributed by atoms with van der Waals surface area (Å²) in [4.78, 5) is 22.3. The number of halogens is 2. The van der Waals surface area contributed by atoms with Gasteiger partial charge in [-0.05, 0) is 36.1 Å². The van der Waals surface area contributed by atoms with Crippen LogP contribution in [0, 0.1) is 5.82 Å². The topological polar surface area (TPSA) is 72.1 Å². The van der Waals surface area contributed by atoms with Gasteiger partial charge in [-0.25, -0.2) is 14.4 Å². The minimum absolute atomic E-state index is 0.0168. The van der Waals surface area contributed by atoms with E-state index in [-0.39, 0.29) is 16.9 Å². The zero-order valence-electron chi connectivity index (χ0n) is 12.4. The van der Waals surface area contributed by atoms with Gasteiger partial charge in [0, 0.05) is 19.2 Å². The van der Waals surface area contributed by atoms with E-state index in [4.69, 9.17) is 17.3 Å². The summed E-state index contributed by atoms with van der Waals surface area (Å²) in [5.41, 5.74) is 8.18. The second kappa shape index (κ2) is 6.50. The van der Waals surface area contributed by atoms with Crippen LogP contribution < -0.4 is 5.73 Å². The molecular weight excluding hydrogens is 319 g/mol. The molecule has 1 amide bonds. The summed E-state index contributed by atoms with van der Waals surface area (Å²) in [6, 6.07) is 4.61. The van der Waals surface area contributed by atoms with Crippen molar-refractivity contribution in [2.45, 2.75) is 25.8 Å². The summed E-state index contributed by atoms with van der Waals surface area (Å²) in [6.07, 6.45) is 3.23. The minimum Gasteiger partial charge on any atom is -0.368 e. The van der Waals surface area contributed by atoms with E-state index in [0.717, 1.165) is 23.2 Å². The van der Waals surface area contributed by atoms with Gasteiger partial charge in [0.15, 0.2) is 0 Å². The molecule has 1 aliphatic rings. The normalized spacial score (nSPS) is 13.7. The molecule has 0 radical (unpaired) electrons. The van der Waals surface area contributed by atoms with Crippen LogP contribution in [0.4, 0.5) is 10.3 Å². The van der Waals surface area contributed by atoms with Crippen molar-refractivity contribution in [2.24, 2.45) is 0 Å². The summed E-state index contributed by atoms with van der Waals surface area (Å²) in [5.74, 6) is -0.228. The molecule has 3 rings (SSSR count). The number of carbonyl (C=O) groups is 1. The van der Waals surface area contributed by atoms with Crippen molar-refractivity contribution < 1.29 is 9.18 Å². The lowest BCUT2D eigenvalue weighted by Crippen LogP contribution is -2.36. The zero-order valence-corrected chi connectivity index (χ0v) is 13.2. The van der Waals surface area contributed by atoms with E-state index < -0.39 is 5.82 Å². The summed E-state index contributed by atoms with van der Waals surface area (Å²) >= 11 is 5.65. The van der Waals surface area contributed by atoms with E-state index in [2.05, 4.69) is 9.97 Å². The number of nitrogen functional groups attached to an aromatic ring is 1. The van der Waals surface area contributed by atoms with Gasteiger partial charge in [-0.3, -0.25) is 4.79 Å². The summed E-state index contributed by atoms with van der Waals surface area (Å²) in [5, 5.41) is 0.0880. The van der Waals surface area contributed by atoms with Crippen molar-refractivity contribution in [2.75, 3.05) is 12.3 Å².